The molecule has 1 aliphatic carbocycles. The maximum atomic E-state index is 6.29. The number of benzene rings is 1. The van der Waals surface area contributed by atoms with Gasteiger partial charge in [-0.25, -0.2) is 9.97 Å². The first-order chi connectivity index (χ1) is 10.1. The molecule has 5 heteroatoms. The van der Waals surface area contributed by atoms with E-state index in [1.807, 2.05) is 25.1 Å². The Bertz CT molecular complexity index is 682. The molecule has 1 aromatic carbocycles. The van der Waals surface area contributed by atoms with Crippen molar-refractivity contribution in [1.82, 2.24) is 9.97 Å². The van der Waals surface area contributed by atoms with Crippen molar-refractivity contribution >= 4 is 39.1 Å². The molecule has 1 saturated carbocycles. The fraction of sp³-hybridized carbons (Fsp3) is 0.375. The molecule has 0 atom stereocenters. The highest BCUT2D eigenvalue weighted by Crippen LogP contribution is 2.39. The van der Waals surface area contributed by atoms with Crippen LogP contribution < -0.4 is 0 Å². The summed E-state index contributed by atoms with van der Waals surface area (Å²) in [5.41, 5.74) is 2.97. The second-order valence-electron chi connectivity index (χ2n) is 5.48. The Labute approximate surface area is 143 Å². The van der Waals surface area contributed by atoms with Crippen molar-refractivity contribution in [2.24, 2.45) is 0 Å². The molecular weight excluding hydrogens is 371 g/mol. The number of aromatic nitrogens is 2. The summed E-state index contributed by atoms with van der Waals surface area (Å²) in [5.74, 6) is 1.12. The first-order valence-electron chi connectivity index (χ1n) is 7.05. The van der Waals surface area contributed by atoms with Gasteiger partial charge in [0, 0.05) is 16.5 Å². The fourth-order valence-electron chi connectivity index (χ4n) is 2.77. The summed E-state index contributed by atoms with van der Waals surface area (Å²) in [7, 11) is 0. The van der Waals surface area contributed by atoms with Gasteiger partial charge >= 0.3 is 0 Å². The Morgan fingerprint density at radius 1 is 1.14 bits per heavy atom. The molecule has 1 fully saturated rings. The van der Waals surface area contributed by atoms with Gasteiger partial charge in [0.25, 0.3) is 0 Å². The third kappa shape index (κ3) is 3.10. The zero-order valence-electron chi connectivity index (χ0n) is 11.7. The van der Waals surface area contributed by atoms with E-state index in [0.717, 1.165) is 26.3 Å². The van der Waals surface area contributed by atoms with Crippen molar-refractivity contribution in [3.63, 3.8) is 0 Å². The highest BCUT2D eigenvalue weighted by Gasteiger charge is 2.23. The van der Waals surface area contributed by atoms with E-state index in [1.165, 1.54) is 25.7 Å². The molecule has 0 spiro atoms. The molecule has 2 nitrogen and oxygen atoms in total. The summed E-state index contributed by atoms with van der Waals surface area (Å²) in [5, 5.41) is 1.19. The van der Waals surface area contributed by atoms with E-state index in [2.05, 4.69) is 20.9 Å². The Morgan fingerprint density at radius 3 is 2.52 bits per heavy atom. The van der Waals surface area contributed by atoms with Gasteiger partial charge in [0.2, 0.25) is 0 Å². The molecule has 1 aliphatic rings. The highest BCUT2D eigenvalue weighted by molar-refractivity contribution is 9.10. The van der Waals surface area contributed by atoms with E-state index in [-0.39, 0.29) is 0 Å². The number of nitrogens with zero attached hydrogens (tertiary/aromatic N) is 2. The highest BCUT2D eigenvalue weighted by atomic mass is 79.9. The van der Waals surface area contributed by atoms with Gasteiger partial charge in [-0.15, -0.1) is 0 Å². The van der Waals surface area contributed by atoms with Crippen molar-refractivity contribution in [1.29, 1.82) is 0 Å². The molecule has 0 N–H and O–H groups in total. The summed E-state index contributed by atoms with van der Waals surface area (Å²) < 4.78 is 0.832. The Kier molecular flexibility index (Phi) is 4.53. The molecule has 0 aliphatic heterocycles. The number of rotatable bonds is 2. The summed E-state index contributed by atoms with van der Waals surface area (Å²) in [6, 6.07) is 5.86. The maximum Gasteiger partial charge on any atom is 0.161 e. The van der Waals surface area contributed by atoms with Crippen molar-refractivity contribution in [3.05, 3.63) is 44.1 Å². The first-order valence-corrected chi connectivity index (χ1v) is 8.60. The third-order valence-electron chi connectivity index (χ3n) is 4.01. The van der Waals surface area contributed by atoms with Crippen LogP contribution in [0.2, 0.25) is 10.2 Å². The van der Waals surface area contributed by atoms with E-state index < -0.39 is 0 Å². The van der Waals surface area contributed by atoms with Gasteiger partial charge in [-0.05, 0) is 47.3 Å². The van der Waals surface area contributed by atoms with Crippen molar-refractivity contribution in [2.75, 3.05) is 0 Å². The van der Waals surface area contributed by atoms with Crippen LogP contribution in [0.25, 0.3) is 11.4 Å². The molecule has 0 unspecified atom stereocenters. The number of aryl methyl sites for hydroxylation is 1. The van der Waals surface area contributed by atoms with Gasteiger partial charge in [0.15, 0.2) is 5.82 Å². The Morgan fingerprint density at radius 2 is 1.86 bits per heavy atom. The van der Waals surface area contributed by atoms with Crippen molar-refractivity contribution in [2.45, 2.75) is 38.5 Å². The first kappa shape index (κ1) is 15.3. The van der Waals surface area contributed by atoms with Crippen LogP contribution in [-0.2, 0) is 0 Å². The van der Waals surface area contributed by atoms with E-state index in [1.54, 1.807) is 0 Å². The second kappa shape index (κ2) is 6.23. The van der Waals surface area contributed by atoms with Gasteiger partial charge < -0.3 is 0 Å². The van der Waals surface area contributed by atoms with Crippen molar-refractivity contribution in [3.8, 4) is 11.4 Å². The minimum atomic E-state index is 0.471. The summed E-state index contributed by atoms with van der Waals surface area (Å²) in [6.07, 6.45) is 4.84. The van der Waals surface area contributed by atoms with Crippen LogP contribution in [0, 0.1) is 6.92 Å². The minimum Gasteiger partial charge on any atom is -0.231 e. The van der Waals surface area contributed by atoms with Crippen LogP contribution in [0.4, 0.5) is 0 Å². The Hall–Kier alpha value is -0.640. The molecule has 0 amide bonds. The lowest BCUT2D eigenvalue weighted by molar-refractivity contribution is 0.691. The lowest BCUT2D eigenvalue weighted by Crippen LogP contribution is -2.02. The quantitative estimate of drug-likeness (QED) is 0.576. The molecule has 0 bridgehead atoms. The molecule has 1 aromatic heterocycles. The van der Waals surface area contributed by atoms with Crippen LogP contribution >= 0.6 is 39.1 Å². The van der Waals surface area contributed by atoms with Crippen LogP contribution in [0.5, 0.6) is 0 Å². The summed E-state index contributed by atoms with van der Waals surface area (Å²) in [6.45, 7) is 1.98. The molecule has 21 heavy (non-hydrogen) atoms. The number of hydrogen-bond donors (Lipinski definition) is 0. The van der Waals surface area contributed by atoms with E-state index in [0.29, 0.717) is 16.9 Å². The van der Waals surface area contributed by atoms with Crippen LogP contribution in [0.15, 0.2) is 22.7 Å². The molecule has 3 rings (SSSR count). The molecule has 0 radical (unpaired) electrons. The van der Waals surface area contributed by atoms with Gasteiger partial charge in [0.05, 0.1) is 10.2 Å². The molecule has 1 heterocycles. The van der Waals surface area contributed by atoms with Gasteiger partial charge in [-0.2, -0.15) is 0 Å². The minimum absolute atomic E-state index is 0.471. The smallest absolute Gasteiger partial charge is 0.161 e. The summed E-state index contributed by atoms with van der Waals surface area (Å²) >= 11 is 16.0. The van der Waals surface area contributed by atoms with Crippen LogP contribution in [-0.4, -0.2) is 9.97 Å². The summed E-state index contributed by atoms with van der Waals surface area (Å²) in [4.78, 5) is 9.15. The van der Waals surface area contributed by atoms with Gasteiger partial charge in [-0.3, -0.25) is 0 Å². The zero-order valence-corrected chi connectivity index (χ0v) is 14.8. The number of halogens is 3. The average molecular weight is 386 g/mol. The third-order valence-corrected chi connectivity index (χ3v) is 5.70. The van der Waals surface area contributed by atoms with Gasteiger partial charge in [0.1, 0.15) is 5.15 Å². The predicted molar refractivity (Wildman–Crippen MR) is 91.1 cm³/mol. The molecule has 0 saturated heterocycles. The average Bonchev–Trinajstić information content (AvgIpc) is 2.98. The van der Waals surface area contributed by atoms with Gasteiger partial charge in [-0.1, -0.05) is 48.2 Å². The zero-order chi connectivity index (χ0) is 15.0. The number of hydrogen-bond acceptors (Lipinski definition) is 2. The monoisotopic (exact) mass is 384 g/mol. The lowest BCUT2D eigenvalue weighted by atomic mass is 10.0. The van der Waals surface area contributed by atoms with Crippen LogP contribution in [0.3, 0.4) is 0 Å². The fourth-order valence-corrected chi connectivity index (χ4v) is 3.63. The van der Waals surface area contributed by atoms with E-state index in [4.69, 9.17) is 28.2 Å². The van der Waals surface area contributed by atoms with Crippen LogP contribution in [0.1, 0.15) is 42.9 Å². The maximum absolute atomic E-state index is 6.29. The lowest BCUT2D eigenvalue weighted by Gasteiger charge is -2.13. The Balaban J connectivity index is 2.08. The molecule has 2 aromatic rings. The SMILES string of the molecule is Cc1ccc(-c2nc(Cl)c(Br)c(C3CCCC3)n2)cc1Cl. The normalized spacial score (nSPS) is 15.6. The second-order valence-corrected chi connectivity index (χ2v) is 7.04. The molecular formula is C16H15BrCl2N2. The topological polar surface area (TPSA) is 25.8 Å². The van der Waals surface area contributed by atoms with E-state index in [9.17, 15) is 0 Å². The molecule has 110 valence electrons. The van der Waals surface area contributed by atoms with E-state index >= 15 is 0 Å². The predicted octanol–water partition coefficient (Wildman–Crippen LogP) is 6.18. The largest absolute Gasteiger partial charge is 0.231 e. The standard InChI is InChI=1S/C16H15BrCl2N2/c1-9-6-7-11(8-12(9)18)16-20-14(10-4-2-3-5-10)13(17)15(19)21-16/h6-8,10H,2-5H2,1H3. The van der Waals surface area contributed by atoms with Crippen molar-refractivity contribution < 1.29 is 0 Å².